The molecule has 5 rings (SSSR count). The zero-order chi connectivity index (χ0) is 20.5. The number of carbonyl (C=O) groups is 1. The van der Waals surface area contributed by atoms with Gasteiger partial charge in [-0.25, -0.2) is 4.98 Å². The fourth-order valence-corrected chi connectivity index (χ4v) is 4.07. The van der Waals surface area contributed by atoms with Gasteiger partial charge in [0.1, 0.15) is 5.52 Å². The van der Waals surface area contributed by atoms with E-state index in [-0.39, 0.29) is 5.91 Å². The molecule has 1 N–H and O–H groups in total. The Hall–Kier alpha value is -3.44. The largest absolute Gasteiger partial charge is 0.440 e. The Kier molecular flexibility index (Phi) is 4.81. The Balaban J connectivity index is 1.42. The third kappa shape index (κ3) is 3.60. The van der Waals surface area contributed by atoms with Gasteiger partial charge in [0.2, 0.25) is 0 Å². The quantitative estimate of drug-likeness (QED) is 0.331. The number of nitrogens with one attached hydrogen (secondary N) is 1. The van der Waals surface area contributed by atoms with Gasteiger partial charge in [0.05, 0.1) is 0 Å². The first-order chi connectivity index (χ1) is 14.7. The van der Waals surface area contributed by atoms with E-state index in [2.05, 4.69) is 26.2 Å². The molecule has 1 heterocycles. The van der Waals surface area contributed by atoms with E-state index in [4.69, 9.17) is 4.42 Å². The van der Waals surface area contributed by atoms with Crippen LogP contribution < -0.4 is 5.32 Å². The maximum Gasteiger partial charge on any atom is 0.256 e. The number of aromatic nitrogens is 1. The van der Waals surface area contributed by atoms with Gasteiger partial charge in [-0.1, -0.05) is 70.5 Å². The van der Waals surface area contributed by atoms with Gasteiger partial charge in [-0.15, -0.1) is 0 Å². The molecule has 0 saturated carbocycles. The molecule has 0 atom stereocenters. The smallest absolute Gasteiger partial charge is 0.256 e. The topological polar surface area (TPSA) is 55.1 Å². The van der Waals surface area contributed by atoms with Crippen molar-refractivity contribution in [2.24, 2.45) is 0 Å². The number of fused-ring (bicyclic) bond motifs is 2. The Morgan fingerprint density at radius 2 is 1.70 bits per heavy atom. The molecule has 1 amide bonds. The zero-order valence-corrected chi connectivity index (χ0v) is 17.5. The van der Waals surface area contributed by atoms with Gasteiger partial charge >= 0.3 is 0 Å². The summed E-state index contributed by atoms with van der Waals surface area (Å²) in [6.07, 6.45) is 0.627. The number of hydrogen-bond acceptors (Lipinski definition) is 3. The summed E-state index contributed by atoms with van der Waals surface area (Å²) in [5.74, 6) is 0.490. The highest BCUT2D eigenvalue weighted by Gasteiger charge is 2.13. The van der Waals surface area contributed by atoms with E-state index >= 15 is 0 Å². The SMILES string of the molecule is O=C(Nc1ccc2oc(Cc3ccccc3)nc2c1)c1cccc2c(Br)cccc12. The van der Waals surface area contributed by atoms with Gasteiger partial charge in [0.15, 0.2) is 11.5 Å². The molecule has 0 aliphatic carbocycles. The van der Waals surface area contributed by atoms with Crippen LogP contribution >= 0.6 is 15.9 Å². The lowest BCUT2D eigenvalue weighted by molar-refractivity contribution is 0.102. The normalized spacial score (nSPS) is 11.1. The minimum atomic E-state index is -0.161. The number of benzene rings is 4. The third-order valence-corrected chi connectivity index (χ3v) is 5.69. The molecule has 4 aromatic carbocycles. The highest BCUT2D eigenvalue weighted by molar-refractivity contribution is 9.10. The average Bonchev–Trinajstić information content (AvgIpc) is 3.16. The second-order valence-electron chi connectivity index (χ2n) is 7.05. The molecule has 1 aromatic heterocycles. The molecular formula is C25H17BrN2O2. The summed E-state index contributed by atoms with van der Waals surface area (Å²) >= 11 is 3.55. The van der Waals surface area contributed by atoms with E-state index < -0.39 is 0 Å². The summed E-state index contributed by atoms with van der Waals surface area (Å²) in [6.45, 7) is 0. The molecule has 0 spiro atoms. The van der Waals surface area contributed by atoms with Crippen molar-refractivity contribution in [3.05, 3.63) is 106 Å². The summed E-state index contributed by atoms with van der Waals surface area (Å²) in [7, 11) is 0. The van der Waals surface area contributed by atoms with Crippen molar-refractivity contribution < 1.29 is 9.21 Å². The van der Waals surface area contributed by atoms with Crippen LogP contribution in [0.4, 0.5) is 5.69 Å². The molecule has 0 saturated heterocycles. The third-order valence-electron chi connectivity index (χ3n) is 5.00. The molecule has 0 fully saturated rings. The molecule has 5 aromatic rings. The highest BCUT2D eigenvalue weighted by Crippen LogP contribution is 2.27. The molecule has 4 nitrogen and oxygen atoms in total. The Morgan fingerprint density at radius 1 is 0.900 bits per heavy atom. The fraction of sp³-hybridized carbons (Fsp3) is 0.0400. The van der Waals surface area contributed by atoms with E-state index in [0.29, 0.717) is 29.1 Å². The number of oxazole rings is 1. The first-order valence-electron chi connectivity index (χ1n) is 9.59. The molecule has 0 bridgehead atoms. The molecule has 0 aliphatic heterocycles. The van der Waals surface area contributed by atoms with Crippen LogP contribution in [-0.2, 0) is 6.42 Å². The van der Waals surface area contributed by atoms with Crippen LogP contribution in [0.3, 0.4) is 0 Å². The summed E-state index contributed by atoms with van der Waals surface area (Å²) in [5.41, 5.74) is 3.87. The molecule has 146 valence electrons. The zero-order valence-electron chi connectivity index (χ0n) is 15.9. The van der Waals surface area contributed by atoms with Crippen molar-refractivity contribution in [2.45, 2.75) is 6.42 Å². The first-order valence-corrected chi connectivity index (χ1v) is 10.4. The number of carbonyl (C=O) groups excluding carboxylic acids is 1. The van der Waals surface area contributed by atoms with Crippen molar-refractivity contribution in [3.8, 4) is 0 Å². The van der Waals surface area contributed by atoms with Gasteiger partial charge in [-0.2, -0.15) is 0 Å². The molecule has 0 unspecified atom stereocenters. The van der Waals surface area contributed by atoms with Gasteiger partial charge in [0, 0.05) is 22.1 Å². The van der Waals surface area contributed by atoms with Crippen LogP contribution in [0.2, 0.25) is 0 Å². The van der Waals surface area contributed by atoms with Crippen LogP contribution in [-0.4, -0.2) is 10.9 Å². The van der Waals surface area contributed by atoms with Crippen molar-refractivity contribution in [1.82, 2.24) is 4.98 Å². The van der Waals surface area contributed by atoms with Gasteiger partial charge in [0.25, 0.3) is 5.91 Å². The summed E-state index contributed by atoms with van der Waals surface area (Å²) in [5, 5.41) is 4.89. The van der Waals surface area contributed by atoms with E-state index in [1.807, 2.05) is 84.9 Å². The van der Waals surface area contributed by atoms with Crippen molar-refractivity contribution >= 4 is 49.4 Å². The minimum Gasteiger partial charge on any atom is -0.440 e. The van der Waals surface area contributed by atoms with Crippen molar-refractivity contribution in [3.63, 3.8) is 0 Å². The highest BCUT2D eigenvalue weighted by atomic mass is 79.9. The first kappa shape index (κ1) is 18.6. The summed E-state index contributed by atoms with van der Waals surface area (Å²) in [6, 6.07) is 27.1. The fourth-order valence-electron chi connectivity index (χ4n) is 3.57. The number of amides is 1. The molecule has 0 aliphatic rings. The molecule has 30 heavy (non-hydrogen) atoms. The standard InChI is InChI=1S/C25H17BrN2O2/c26-21-11-5-8-18-19(21)9-4-10-20(18)25(29)27-17-12-13-23-22(15-17)28-24(30-23)14-16-6-2-1-3-7-16/h1-13,15H,14H2,(H,27,29). The minimum absolute atomic E-state index is 0.161. The lowest BCUT2D eigenvalue weighted by atomic mass is 10.0. The van der Waals surface area contributed by atoms with E-state index in [1.165, 1.54) is 0 Å². The number of nitrogens with zero attached hydrogens (tertiary/aromatic N) is 1. The predicted octanol–water partition coefficient (Wildman–Crippen LogP) is 6.59. The second kappa shape index (κ2) is 7.76. The number of rotatable bonds is 4. The van der Waals surface area contributed by atoms with Crippen LogP contribution in [0.15, 0.2) is 93.8 Å². The van der Waals surface area contributed by atoms with E-state index in [1.54, 1.807) is 0 Å². The van der Waals surface area contributed by atoms with E-state index in [9.17, 15) is 4.79 Å². The predicted molar refractivity (Wildman–Crippen MR) is 123 cm³/mol. The van der Waals surface area contributed by atoms with Gasteiger partial charge < -0.3 is 9.73 Å². The Morgan fingerprint density at radius 3 is 2.57 bits per heavy atom. The van der Waals surface area contributed by atoms with Crippen LogP contribution in [0.1, 0.15) is 21.8 Å². The monoisotopic (exact) mass is 456 g/mol. The van der Waals surface area contributed by atoms with Crippen molar-refractivity contribution in [1.29, 1.82) is 0 Å². The number of anilines is 1. The van der Waals surface area contributed by atoms with Crippen LogP contribution in [0, 0.1) is 0 Å². The lowest BCUT2D eigenvalue weighted by Crippen LogP contribution is -2.12. The summed E-state index contributed by atoms with van der Waals surface area (Å²) in [4.78, 5) is 17.5. The van der Waals surface area contributed by atoms with Gasteiger partial charge in [-0.05, 0) is 46.7 Å². The summed E-state index contributed by atoms with van der Waals surface area (Å²) < 4.78 is 6.82. The molecule has 0 radical (unpaired) electrons. The maximum atomic E-state index is 13.0. The van der Waals surface area contributed by atoms with E-state index in [0.717, 1.165) is 26.3 Å². The van der Waals surface area contributed by atoms with Gasteiger partial charge in [-0.3, -0.25) is 4.79 Å². The second-order valence-corrected chi connectivity index (χ2v) is 7.90. The van der Waals surface area contributed by atoms with Crippen molar-refractivity contribution in [2.75, 3.05) is 5.32 Å². The number of halogens is 1. The Bertz CT molecular complexity index is 1380. The maximum absolute atomic E-state index is 13.0. The van der Waals surface area contributed by atoms with Crippen LogP contribution in [0.5, 0.6) is 0 Å². The molecule has 5 heteroatoms. The van der Waals surface area contributed by atoms with Crippen LogP contribution in [0.25, 0.3) is 21.9 Å². The number of hydrogen-bond donors (Lipinski definition) is 1. The Labute approximate surface area is 181 Å². The lowest BCUT2D eigenvalue weighted by Gasteiger charge is -2.09. The average molecular weight is 457 g/mol. The molecular weight excluding hydrogens is 440 g/mol.